The summed E-state index contributed by atoms with van der Waals surface area (Å²) in [7, 11) is 0. The maximum Gasteiger partial charge on any atom is 0.0827 e. The van der Waals surface area contributed by atoms with E-state index in [1.807, 2.05) is 0 Å². The zero-order valence-corrected chi connectivity index (χ0v) is 5.25. The molecule has 0 aromatic rings. The molecule has 0 spiro atoms. The maximum atomic E-state index is 11.2. The van der Waals surface area contributed by atoms with Gasteiger partial charge < -0.3 is 5.73 Å². The molecule has 0 aliphatic heterocycles. The van der Waals surface area contributed by atoms with Crippen LogP contribution < -0.4 is 5.73 Å². The largest absolute Gasteiger partial charge is 0.393 e. The van der Waals surface area contributed by atoms with E-state index < -0.39 is 0 Å². The van der Waals surface area contributed by atoms with Gasteiger partial charge in [0.15, 0.2) is 0 Å². The molecule has 0 saturated heterocycles. The number of rotatable bonds is 3. The topological polar surface area (TPSA) is 26.0 Å². The first-order valence-electron chi connectivity index (χ1n) is 2.31. The molecule has 0 aliphatic rings. The van der Waals surface area contributed by atoms with Crippen LogP contribution in [0.5, 0.6) is 0 Å². The van der Waals surface area contributed by atoms with Gasteiger partial charge in [0.1, 0.15) is 0 Å². The van der Waals surface area contributed by atoms with Crippen LogP contribution in [0.2, 0.25) is 0 Å². The molecule has 8 heavy (non-hydrogen) atoms. The van der Waals surface area contributed by atoms with E-state index in [0.29, 0.717) is 24.2 Å². The molecule has 0 aromatic carbocycles. The van der Waals surface area contributed by atoms with Crippen molar-refractivity contribution in [3.63, 3.8) is 0 Å². The predicted molar refractivity (Wildman–Crippen MR) is 36.3 cm³/mol. The molecule has 0 atom stereocenters. The van der Waals surface area contributed by atoms with E-state index in [9.17, 15) is 4.39 Å². The van der Waals surface area contributed by atoms with Crippen LogP contribution in [0, 0.1) is 0 Å². The summed E-state index contributed by atoms with van der Waals surface area (Å²) in [6, 6.07) is 0. The minimum atomic E-state index is 0.433. The molecular weight excluding hydrogens is 125 g/mol. The van der Waals surface area contributed by atoms with Gasteiger partial charge in [0.05, 0.1) is 11.3 Å². The van der Waals surface area contributed by atoms with Crippen LogP contribution in [0.15, 0.2) is 12.4 Å². The smallest absolute Gasteiger partial charge is 0.0827 e. The van der Waals surface area contributed by atoms with Gasteiger partial charge in [-0.05, 0) is 6.42 Å². The Hall–Kier alpha value is -0.440. The Bertz CT molecular complexity index is 101. The molecular formula is C5H8FNS. The Morgan fingerprint density at radius 3 is 2.75 bits per heavy atom. The van der Waals surface area contributed by atoms with Crippen LogP contribution in [-0.2, 0) is 0 Å². The summed E-state index contributed by atoms with van der Waals surface area (Å²) in [5, 5.41) is 0. The molecule has 0 bridgehead atoms. The highest BCUT2D eigenvalue weighted by atomic mass is 32.1. The minimum Gasteiger partial charge on any atom is -0.393 e. The Balaban J connectivity index is 3.05. The van der Waals surface area contributed by atoms with Gasteiger partial charge in [0.25, 0.3) is 0 Å². The van der Waals surface area contributed by atoms with Crippen LogP contribution >= 0.6 is 12.2 Å². The van der Waals surface area contributed by atoms with Crippen molar-refractivity contribution in [2.24, 2.45) is 5.73 Å². The average Bonchev–Trinajstić information content (AvgIpc) is 1.66. The van der Waals surface area contributed by atoms with Crippen molar-refractivity contribution in [2.75, 3.05) is 0 Å². The highest BCUT2D eigenvalue weighted by molar-refractivity contribution is 7.80. The zero-order valence-electron chi connectivity index (χ0n) is 4.43. The lowest BCUT2D eigenvalue weighted by atomic mass is 10.3. The van der Waals surface area contributed by atoms with Gasteiger partial charge in [-0.3, -0.25) is 0 Å². The van der Waals surface area contributed by atoms with Crippen molar-refractivity contribution in [1.82, 2.24) is 0 Å². The number of hydrogen-bond acceptors (Lipinski definition) is 1. The quantitative estimate of drug-likeness (QED) is 0.591. The van der Waals surface area contributed by atoms with E-state index in [0.717, 1.165) is 0 Å². The maximum absolute atomic E-state index is 11.2. The molecule has 0 radical (unpaired) electrons. The van der Waals surface area contributed by atoms with Crippen molar-refractivity contribution in [3.8, 4) is 0 Å². The number of nitrogens with two attached hydrogens (primary N) is 1. The fourth-order valence-corrected chi connectivity index (χ4v) is 0.406. The average molecular weight is 133 g/mol. The van der Waals surface area contributed by atoms with E-state index >= 15 is 0 Å². The molecule has 2 N–H and O–H groups in total. The van der Waals surface area contributed by atoms with Crippen LogP contribution in [0.3, 0.4) is 0 Å². The van der Waals surface area contributed by atoms with E-state index in [1.165, 1.54) is 6.08 Å². The van der Waals surface area contributed by atoms with Crippen LogP contribution in [-0.4, -0.2) is 4.99 Å². The summed E-state index contributed by atoms with van der Waals surface area (Å²) < 4.78 is 11.2. The molecule has 0 unspecified atom stereocenters. The summed E-state index contributed by atoms with van der Waals surface area (Å²) in [6.07, 6.45) is 3.08. The van der Waals surface area contributed by atoms with Gasteiger partial charge >= 0.3 is 0 Å². The normalized spacial score (nSPS) is 10.1. The molecule has 1 nitrogen and oxygen atoms in total. The second kappa shape index (κ2) is 4.71. The second-order valence-corrected chi connectivity index (χ2v) is 1.89. The number of halogens is 1. The molecule has 0 saturated carbocycles. The molecule has 3 heteroatoms. The molecule has 0 aliphatic carbocycles. The van der Waals surface area contributed by atoms with Crippen LogP contribution in [0.4, 0.5) is 4.39 Å². The lowest BCUT2D eigenvalue weighted by Gasteiger charge is -1.87. The lowest BCUT2D eigenvalue weighted by Crippen LogP contribution is -2.05. The van der Waals surface area contributed by atoms with Gasteiger partial charge in [0.2, 0.25) is 0 Å². The Morgan fingerprint density at radius 1 is 1.75 bits per heavy atom. The van der Waals surface area contributed by atoms with Crippen molar-refractivity contribution in [3.05, 3.63) is 12.4 Å². The summed E-state index contributed by atoms with van der Waals surface area (Å²) in [4.78, 5) is 0.433. The fourth-order valence-electron chi connectivity index (χ4n) is 0.289. The van der Waals surface area contributed by atoms with Crippen molar-refractivity contribution in [2.45, 2.75) is 12.8 Å². The summed E-state index contributed by atoms with van der Waals surface area (Å²) in [5.41, 5.74) is 5.11. The van der Waals surface area contributed by atoms with Crippen molar-refractivity contribution in [1.29, 1.82) is 0 Å². The third kappa shape index (κ3) is 5.56. The standard InChI is InChI=1S/C5H8FNS/c6-4-2-1-3-5(7)8/h2,4H,1,3H2,(H2,7,8). The molecule has 0 fully saturated rings. The molecule has 46 valence electrons. The first kappa shape index (κ1) is 7.56. The van der Waals surface area contributed by atoms with Crippen LogP contribution in [0.1, 0.15) is 12.8 Å². The third-order valence-electron chi connectivity index (χ3n) is 0.646. The van der Waals surface area contributed by atoms with E-state index in [2.05, 4.69) is 12.2 Å². The van der Waals surface area contributed by atoms with E-state index in [1.54, 1.807) is 0 Å². The van der Waals surface area contributed by atoms with Gasteiger partial charge in [-0.2, -0.15) is 0 Å². The first-order chi connectivity index (χ1) is 3.77. The highest BCUT2D eigenvalue weighted by Gasteiger charge is 1.83. The van der Waals surface area contributed by atoms with E-state index in [-0.39, 0.29) is 0 Å². The van der Waals surface area contributed by atoms with Crippen molar-refractivity contribution >= 4 is 17.2 Å². The number of thiocarbonyl (C=S) groups is 1. The summed E-state index contributed by atoms with van der Waals surface area (Å²) >= 11 is 4.53. The second-order valence-electron chi connectivity index (χ2n) is 1.37. The SMILES string of the molecule is NC(=S)CCC=CF. The number of hydrogen-bond donors (Lipinski definition) is 1. The minimum absolute atomic E-state index is 0.433. The lowest BCUT2D eigenvalue weighted by molar-refractivity contribution is 0.714. The highest BCUT2D eigenvalue weighted by Crippen LogP contribution is 1.90. The monoisotopic (exact) mass is 133 g/mol. The van der Waals surface area contributed by atoms with Gasteiger partial charge in [0, 0.05) is 6.42 Å². The van der Waals surface area contributed by atoms with Crippen molar-refractivity contribution < 1.29 is 4.39 Å². The Kier molecular flexibility index (Phi) is 4.45. The predicted octanol–water partition coefficient (Wildman–Crippen LogP) is 1.54. The zero-order chi connectivity index (χ0) is 6.41. The Morgan fingerprint density at radius 2 is 2.38 bits per heavy atom. The fraction of sp³-hybridized carbons (Fsp3) is 0.400. The molecule has 0 amide bonds. The third-order valence-corrected chi connectivity index (χ3v) is 0.851. The summed E-state index contributed by atoms with van der Waals surface area (Å²) in [5.74, 6) is 0. The van der Waals surface area contributed by atoms with E-state index in [4.69, 9.17) is 5.73 Å². The Labute approximate surface area is 53.4 Å². The molecule has 0 heterocycles. The number of allylic oxidation sites excluding steroid dienone is 1. The van der Waals surface area contributed by atoms with Gasteiger partial charge in [-0.25, -0.2) is 4.39 Å². The first-order valence-corrected chi connectivity index (χ1v) is 2.71. The van der Waals surface area contributed by atoms with Gasteiger partial charge in [-0.1, -0.05) is 18.3 Å². The molecule has 0 rings (SSSR count). The van der Waals surface area contributed by atoms with Crippen LogP contribution in [0.25, 0.3) is 0 Å². The molecule has 0 aromatic heterocycles. The summed E-state index contributed by atoms with van der Waals surface area (Å²) in [6.45, 7) is 0. The van der Waals surface area contributed by atoms with Gasteiger partial charge in [-0.15, -0.1) is 0 Å².